The van der Waals surface area contributed by atoms with E-state index in [1.165, 1.54) is 0 Å². The summed E-state index contributed by atoms with van der Waals surface area (Å²) in [4.78, 5) is 11.7. The summed E-state index contributed by atoms with van der Waals surface area (Å²) in [5, 5.41) is 2.84. The van der Waals surface area contributed by atoms with Crippen molar-refractivity contribution >= 4 is 5.91 Å². The Bertz CT molecular complexity index is 419. The number of hydrogen-bond donors (Lipinski definition) is 1. The first-order chi connectivity index (χ1) is 9.16. The lowest BCUT2D eigenvalue weighted by atomic mass is 10.1. The zero-order valence-corrected chi connectivity index (χ0v) is 11.6. The second kappa shape index (κ2) is 6.57. The van der Waals surface area contributed by atoms with Crippen LogP contribution in [0.4, 0.5) is 0 Å². The minimum absolute atomic E-state index is 0.0540. The Morgan fingerprint density at radius 1 is 1.42 bits per heavy atom. The molecule has 1 fully saturated rings. The number of nitrogens with one attached hydrogen (secondary N) is 1. The second-order valence-corrected chi connectivity index (χ2v) is 4.95. The van der Waals surface area contributed by atoms with Gasteiger partial charge in [0, 0.05) is 13.2 Å². The fraction of sp³-hybridized carbons (Fsp3) is 0.533. The van der Waals surface area contributed by atoms with Crippen LogP contribution >= 0.6 is 0 Å². The van der Waals surface area contributed by atoms with Crippen LogP contribution in [-0.2, 0) is 9.53 Å². The van der Waals surface area contributed by atoms with E-state index < -0.39 is 0 Å². The second-order valence-electron chi connectivity index (χ2n) is 4.95. The predicted octanol–water partition coefficient (Wildman–Crippen LogP) is 1.98. The highest BCUT2D eigenvalue weighted by Crippen LogP contribution is 2.22. The summed E-state index contributed by atoms with van der Waals surface area (Å²) in [6.07, 6.45) is 2.28. The Kier molecular flexibility index (Phi) is 4.80. The van der Waals surface area contributed by atoms with Gasteiger partial charge < -0.3 is 14.8 Å². The average Bonchev–Trinajstić information content (AvgIpc) is 2.89. The molecule has 1 saturated heterocycles. The third-order valence-corrected chi connectivity index (χ3v) is 3.31. The van der Waals surface area contributed by atoms with Gasteiger partial charge in [-0.05, 0) is 37.8 Å². The van der Waals surface area contributed by atoms with E-state index in [2.05, 4.69) is 5.32 Å². The molecular weight excluding hydrogens is 242 g/mol. The van der Waals surface area contributed by atoms with Gasteiger partial charge in [-0.3, -0.25) is 4.79 Å². The third kappa shape index (κ3) is 3.96. The number of ether oxygens (including phenoxy) is 2. The fourth-order valence-corrected chi connectivity index (χ4v) is 2.25. The first-order valence-corrected chi connectivity index (χ1v) is 6.74. The van der Waals surface area contributed by atoms with E-state index in [4.69, 9.17) is 9.47 Å². The van der Waals surface area contributed by atoms with Crippen LogP contribution in [0.3, 0.4) is 0 Å². The number of amides is 1. The topological polar surface area (TPSA) is 47.6 Å². The van der Waals surface area contributed by atoms with Gasteiger partial charge in [-0.25, -0.2) is 0 Å². The van der Waals surface area contributed by atoms with Gasteiger partial charge in [0.2, 0.25) is 0 Å². The van der Waals surface area contributed by atoms with Crippen molar-refractivity contribution in [3.8, 4) is 5.75 Å². The average molecular weight is 263 g/mol. The number of carbonyl (C=O) groups excluding carboxylic acids is 1. The van der Waals surface area contributed by atoms with Gasteiger partial charge in [0.15, 0.2) is 6.61 Å². The van der Waals surface area contributed by atoms with E-state index in [0.29, 0.717) is 6.54 Å². The van der Waals surface area contributed by atoms with Crippen molar-refractivity contribution in [1.29, 1.82) is 0 Å². The number of para-hydroxylation sites is 1. The van der Waals surface area contributed by atoms with Crippen LogP contribution < -0.4 is 10.1 Å². The van der Waals surface area contributed by atoms with Crippen molar-refractivity contribution in [3.63, 3.8) is 0 Å². The summed E-state index contributed by atoms with van der Waals surface area (Å²) in [5.41, 5.74) is 2.10. The van der Waals surface area contributed by atoms with Crippen LogP contribution in [0.1, 0.15) is 24.0 Å². The maximum atomic E-state index is 11.7. The van der Waals surface area contributed by atoms with Crippen LogP contribution in [0.15, 0.2) is 18.2 Å². The van der Waals surface area contributed by atoms with Gasteiger partial charge in [-0.2, -0.15) is 0 Å². The van der Waals surface area contributed by atoms with Gasteiger partial charge in [-0.1, -0.05) is 18.2 Å². The normalized spacial score (nSPS) is 18.3. The number of aryl methyl sites for hydroxylation is 2. The highest BCUT2D eigenvalue weighted by atomic mass is 16.5. The minimum Gasteiger partial charge on any atom is -0.483 e. The van der Waals surface area contributed by atoms with Crippen molar-refractivity contribution < 1.29 is 14.3 Å². The Balaban J connectivity index is 1.76. The summed E-state index contributed by atoms with van der Waals surface area (Å²) in [6, 6.07) is 5.94. The summed E-state index contributed by atoms with van der Waals surface area (Å²) in [6.45, 7) is 5.39. The van der Waals surface area contributed by atoms with Crippen LogP contribution in [0.5, 0.6) is 5.75 Å². The van der Waals surface area contributed by atoms with Gasteiger partial charge in [0.1, 0.15) is 5.75 Å². The molecule has 0 radical (unpaired) electrons. The molecule has 1 aromatic rings. The lowest BCUT2D eigenvalue weighted by molar-refractivity contribution is -0.123. The largest absolute Gasteiger partial charge is 0.483 e. The van der Waals surface area contributed by atoms with Crippen LogP contribution in [-0.4, -0.2) is 31.8 Å². The zero-order valence-electron chi connectivity index (χ0n) is 11.6. The molecule has 1 heterocycles. The highest BCUT2D eigenvalue weighted by Gasteiger charge is 2.16. The van der Waals surface area contributed by atoms with E-state index >= 15 is 0 Å². The first kappa shape index (κ1) is 13.9. The van der Waals surface area contributed by atoms with E-state index in [9.17, 15) is 4.79 Å². The summed E-state index contributed by atoms with van der Waals surface area (Å²) < 4.78 is 11.0. The molecule has 4 heteroatoms. The molecule has 0 unspecified atom stereocenters. The number of rotatable bonds is 5. The quantitative estimate of drug-likeness (QED) is 0.883. The van der Waals surface area contributed by atoms with Crippen LogP contribution in [0.2, 0.25) is 0 Å². The molecule has 1 aliphatic rings. The standard InChI is InChI=1S/C15H21NO3/c1-11-5-3-6-12(2)15(11)19-10-14(17)16-9-13-7-4-8-18-13/h3,5-6,13H,4,7-10H2,1-2H3,(H,16,17)/t13-/m1/s1. The summed E-state index contributed by atoms with van der Waals surface area (Å²) in [5.74, 6) is 0.702. The smallest absolute Gasteiger partial charge is 0.258 e. The van der Waals surface area contributed by atoms with Gasteiger partial charge >= 0.3 is 0 Å². The molecule has 4 nitrogen and oxygen atoms in total. The Hall–Kier alpha value is -1.55. The van der Waals surface area contributed by atoms with Gasteiger partial charge in [-0.15, -0.1) is 0 Å². The molecule has 2 rings (SSSR count). The molecule has 0 saturated carbocycles. The van der Waals surface area contributed by atoms with Crippen molar-refractivity contribution in [2.75, 3.05) is 19.8 Å². The molecule has 1 aliphatic heterocycles. The zero-order chi connectivity index (χ0) is 13.7. The van der Waals surface area contributed by atoms with Gasteiger partial charge in [0.05, 0.1) is 6.10 Å². The maximum Gasteiger partial charge on any atom is 0.258 e. The number of benzene rings is 1. The molecule has 104 valence electrons. The highest BCUT2D eigenvalue weighted by molar-refractivity contribution is 5.77. The molecule has 0 spiro atoms. The molecule has 19 heavy (non-hydrogen) atoms. The molecular formula is C15H21NO3. The SMILES string of the molecule is Cc1cccc(C)c1OCC(=O)NC[C@H]1CCCO1. The van der Waals surface area contributed by atoms with Gasteiger partial charge in [0.25, 0.3) is 5.91 Å². The lowest BCUT2D eigenvalue weighted by Gasteiger charge is -2.13. The van der Waals surface area contributed by atoms with E-state index in [-0.39, 0.29) is 18.6 Å². The molecule has 0 bridgehead atoms. The first-order valence-electron chi connectivity index (χ1n) is 6.74. The predicted molar refractivity (Wildman–Crippen MR) is 73.4 cm³/mol. The number of carbonyl (C=O) groups is 1. The van der Waals surface area contributed by atoms with Crippen molar-refractivity contribution in [2.24, 2.45) is 0 Å². The molecule has 1 amide bonds. The van der Waals surface area contributed by atoms with E-state index in [1.807, 2.05) is 32.0 Å². The molecule has 1 atom stereocenters. The van der Waals surface area contributed by atoms with E-state index in [1.54, 1.807) is 0 Å². The van der Waals surface area contributed by atoms with E-state index in [0.717, 1.165) is 36.3 Å². The van der Waals surface area contributed by atoms with Crippen molar-refractivity contribution in [2.45, 2.75) is 32.8 Å². The van der Waals surface area contributed by atoms with Crippen molar-refractivity contribution in [3.05, 3.63) is 29.3 Å². The summed E-state index contributed by atoms with van der Waals surface area (Å²) in [7, 11) is 0. The molecule has 1 aromatic carbocycles. The number of hydrogen-bond acceptors (Lipinski definition) is 3. The molecule has 0 aromatic heterocycles. The van der Waals surface area contributed by atoms with Crippen molar-refractivity contribution in [1.82, 2.24) is 5.32 Å². The molecule has 0 aliphatic carbocycles. The van der Waals surface area contributed by atoms with Crippen LogP contribution in [0.25, 0.3) is 0 Å². The summed E-state index contributed by atoms with van der Waals surface area (Å²) >= 11 is 0. The Morgan fingerprint density at radius 2 is 2.16 bits per heavy atom. The lowest BCUT2D eigenvalue weighted by Crippen LogP contribution is -2.35. The fourth-order valence-electron chi connectivity index (χ4n) is 2.25. The third-order valence-electron chi connectivity index (χ3n) is 3.31. The Morgan fingerprint density at radius 3 is 2.79 bits per heavy atom. The Labute approximate surface area is 114 Å². The monoisotopic (exact) mass is 263 g/mol. The molecule has 1 N–H and O–H groups in total. The maximum absolute atomic E-state index is 11.7. The van der Waals surface area contributed by atoms with Crippen LogP contribution in [0, 0.1) is 13.8 Å². The minimum atomic E-state index is -0.0989.